The van der Waals surface area contributed by atoms with Crippen molar-refractivity contribution in [3.8, 4) is 0 Å². The van der Waals surface area contributed by atoms with E-state index in [2.05, 4.69) is 39.1 Å². The number of carbonyl (C=O) groups excluding carboxylic acids is 2. The summed E-state index contributed by atoms with van der Waals surface area (Å²) >= 11 is 0. The van der Waals surface area contributed by atoms with Crippen molar-refractivity contribution in [2.45, 2.75) is 44.2 Å². The summed E-state index contributed by atoms with van der Waals surface area (Å²) in [4.78, 5) is 40.1. The van der Waals surface area contributed by atoms with Crippen LogP contribution in [0, 0.1) is 5.92 Å². The zero-order valence-electron chi connectivity index (χ0n) is 22.5. The lowest BCUT2D eigenvalue weighted by Crippen LogP contribution is -2.65. The molecule has 5 rings (SSSR count). The van der Waals surface area contributed by atoms with Crippen LogP contribution in [0.1, 0.15) is 43.0 Å². The number of hydrogen-bond donors (Lipinski definition) is 2. The van der Waals surface area contributed by atoms with Gasteiger partial charge in [-0.05, 0) is 102 Å². The van der Waals surface area contributed by atoms with Crippen molar-refractivity contribution in [3.05, 3.63) is 36.0 Å². The third-order valence-corrected chi connectivity index (χ3v) is 8.98. The molecule has 0 unspecified atom stereocenters. The zero-order valence-corrected chi connectivity index (χ0v) is 23.4. The Hall–Kier alpha value is -2.13. The number of benzene rings is 1. The molecule has 1 atom stereocenters. The first kappa shape index (κ1) is 27.9. The number of aromatic amines is 1. The Morgan fingerprint density at radius 2 is 1.51 bits per heavy atom. The van der Waals surface area contributed by atoms with E-state index in [-0.39, 0.29) is 30.1 Å². The molecule has 0 bridgehead atoms. The molecule has 0 spiro atoms. The summed E-state index contributed by atoms with van der Waals surface area (Å²) in [7, 11) is 4.32. The highest BCUT2D eigenvalue weighted by Gasteiger charge is 2.46. The molecule has 3 aliphatic rings. The van der Waals surface area contributed by atoms with Gasteiger partial charge in [0.1, 0.15) is 5.54 Å². The molecule has 3 saturated heterocycles. The maximum Gasteiger partial charge on any atom is 0.252 e. The van der Waals surface area contributed by atoms with Gasteiger partial charge in [0, 0.05) is 49.5 Å². The summed E-state index contributed by atoms with van der Waals surface area (Å²) in [6.07, 6.45) is 6.11. The van der Waals surface area contributed by atoms with Gasteiger partial charge in [0.25, 0.3) is 5.91 Å². The molecule has 8 nitrogen and oxygen atoms in total. The van der Waals surface area contributed by atoms with Crippen LogP contribution in [0.3, 0.4) is 0 Å². The highest BCUT2D eigenvalue weighted by atomic mass is 35.5. The average molecular weight is 531 g/mol. The topological polar surface area (TPSA) is 74.9 Å². The first-order valence-electron chi connectivity index (χ1n) is 13.6. The number of likely N-dealkylation sites (tertiary alicyclic amines) is 2. The second kappa shape index (κ2) is 11.7. The second-order valence-corrected chi connectivity index (χ2v) is 11.4. The van der Waals surface area contributed by atoms with Crippen LogP contribution in [0.15, 0.2) is 30.5 Å². The van der Waals surface area contributed by atoms with E-state index >= 15 is 0 Å². The number of halogens is 1. The molecular formula is C28H43ClN6O2. The number of nitrogens with one attached hydrogen (secondary N) is 2. The van der Waals surface area contributed by atoms with Crippen LogP contribution in [-0.2, 0) is 4.79 Å². The van der Waals surface area contributed by atoms with E-state index in [1.54, 1.807) is 0 Å². The molecule has 3 aliphatic heterocycles. The number of H-pyrrole nitrogens is 1. The van der Waals surface area contributed by atoms with Crippen molar-refractivity contribution in [3.63, 3.8) is 0 Å². The van der Waals surface area contributed by atoms with Gasteiger partial charge in [-0.2, -0.15) is 0 Å². The first-order chi connectivity index (χ1) is 17.3. The molecule has 2 amide bonds. The van der Waals surface area contributed by atoms with E-state index < -0.39 is 5.54 Å². The Morgan fingerprint density at radius 1 is 0.892 bits per heavy atom. The van der Waals surface area contributed by atoms with Crippen LogP contribution < -0.4 is 5.32 Å². The van der Waals surface area contributed by atoms with E-state index in [9.17, 15) is 9.59 Å². The average Bonchev–Trinajstić information content (AvgIpc) is 3.37. The fraction of sp³-hybridized carbons (Fsp3) is 0.643. The molecule has 0 radical (unpaired) electrons. The largest absolute Gasteiger partial charge is 0.361 e. The van der Waals surface area contributed by atoms with Gasteiger partial charge in [-0.25, -0.2) is 0 Å². The van der Waals surface area contributed by atoms with E-state index in [4.69, 9.17) is 0 Å². The predicted octanol–water partition coefficient (Wildman–Crippen LogP) is 2.66. The van der Waals surface area contributed by atoms with E-state index in [1.807, 2.05) is 42.3 Å². The van der Waals surface area contributed by atoms with E-state index in [0.29, 0.717) is 11.6 Å². The van der Waals surface area contributed by atoms with Crippen LogP contribution in [0.4, 0.5) is 0 Å². The van der Waals surface area contributed by atoms with Gasteiger partial charge in [-0.1, -0.05) is 6.07 Å². The Kier molecular flexibility index (Phi) is 8.84. The summed E-state index contributed by atoms with van der Waals surface area (Å²) in [5, 5.41) is 4.32. The number of amides is 2. The van der Waals surface area contributed by atoms with Gasteiger partial charge in [-0.15, -0.1) is 12.4 Å². The van der Waals surface area contributed by atoms with Crippen LogP contribution in [0.5, 0.6) is 0 Å². The van der Waals surface area contributed by atoms with Gasteiger partial charge in [0.05, 0.1) is 0 Å². The standard InChI is InChI=1S/C28H42N6O2.ClH/c1-28(23-7-12-31(2)13-8-23,30-26(35)22-5-4-21-6-11-29-25(21)20-22)27(36)34-18-16-33(17-19-34)24-9-14-32(3)15-10-24;/h4-6,11,20,23-24,29H,7-10,12-19H2,1-3H3,(H,30,35);1H/t28-;/m0./s1. The molecule has 1 aromatic carbocycles. The molecule has 2 aromatic rings. The summed E-state index contributed by atoms with van der Waals surface area (Å²) in [6.45, 7) is 9.47. The lowest BCUT2D eigenvalue weighted by molar-refractivity contribution is -0.142. The van der Waals surface area contributed by atoms with Crippen molar-refractivity contribution < 1.29 is 9.59 Å². The predicted molar refractivity (Wildman–Crippen MR) is 150 cm³/mol. The Morgan fingerprint density at radius 3 is 2.16 bits per heavy atom. The lowest BCUT2D eigenvalue weighted by atomic mass is 9.77. The normalized spacial score (nSPS) is 22.9. The van der Waals surface area contributed by atoms with Gasteiger partial charge in [-0.3, -0.25) is 14.5 Å². The molecule has 0 aliphatic carbocycles. The molecule has 0 saturated carbocycles. The molecule has 2 N–H and O–H groups in total. The Bertz CT molecular complexity index is 1070. The van der Waals surface area contributed by atoms with E-state index in [0.717, 1.165) is 76.1 Å². The van der Waals surface area contributed by atoms with Crippen LogP contribution in [-0.4, -0.2) is 114 Å². The van der Waals surface area contributed by atoms with Crippen molar-refractivity contribution in [1.29, 1.82) is 0 Å². The first-order valence-corrected chi connectivity index (χ1v) is 13.6. The van der Waals surface area contributed by atoms with Crippen molar-refractivity contribution in [2.24, 2.45) is 5.92 Å². The summed E-state index contributed by atoms with van der Waals surface area (Å²) < 4.78 is 0. The minimum atomic E-state index is -0.918. The molecule has 4 heterocycles. The zero-order chi connectivity index (χ0) is 25.3. The van der Waals surface area contributed by atoms with Gasteiger partial charge < -0.3 is 25.0 Å². The summed E-state index contributed by atoms with van der Waals surface area (Å²) in [5.74, 6) is 0.0203. The SMILES string of the molecule is CN1CCC(N2CCN(C(=O)[C@@](C)(NC(=O)c3ccc4cc[nH]c4c3)C3CCN(C)CC3)CC2)CC1.Cl. The molecule has 37 heavy (non-hydrogen) atoms. The monoisotopic (exact) mass is 530 g/mol. The van der Waals surface area contributed by atoms with Crippen molar-refractivity contribution >= 4 is 35.1 Å². The van der Waals surface area contributed by atoms with Crippen LogP contribution in [0.25, 0.3) is 10.9 Å². The molecular weight excluding hydrogens is 488 g/mol. The molecule has 9 heteroatoms. The second-order valence-electron chi connectivity index (χ2n) is 11.4. The minimum Gasteiger partial charge on any atom is -0.361 e. The van der Waals surface area contributed by atoms with Crippen LogP contribution in [0.2, 0.25) is 0 Å². The fourth-order valence-corrected chi connectivity index (χ4v) is 6.39. The minimum absolute atomic E-state index is 0. The number of piperidine rings is 2. The number of nitrogens with zero attached hydrogens (tertiary/aromatic N) is 4. The Labute approximate surface area is 227 Å². The number of piperazine rings is 1. The quantitative estimate of drug-likeness (QED) is 0.621. The summed E-state index contributed by atoms with van der Waals surface area (Å²) in [6, 6.07) is 8.31. The van der Waals surface area contributed by atoms with Crippen molar-refractivity contribution in [2.75, 3.05) is 66.5 Å². The molecule has 3 fully saturated rings. The van der Waals surface area contributed by atoms with E-state index in [1.165, 1.54) is 12.8 Å². The number of rotatable bonds is 5. The smallest absolute Gasteiger partial charge is 0.252 e. The molecule has 204 valence electrons. The van der Waals surface area contributed by atoms with Crippen LogP contribution >= 0.6 is 12.4 Å². The number of fused-ring (bicyclic) bond motifs is 1. The lowest BCUT2D eigenvalue weighted by Gasteiger charge is -2.47. The van der Waals surface area contributed by atoms with Gasteiger partial charge >= 0.3 is 0 Å². The maximum absolute atomic E-state index is 14.1. The Balaban J connectivity index is 0.00000320. The molecule has 1 aromatic heterocycles. The van der Waals surface area contributed by atoms with Crippen molar-refractivity contribution in [1.82, 2.24) is 29.9 Å². The third kappa shape index (κ3) is 5.98. The highest BCUT2D eigenvalue weighted by Crippen LogP contribution is 2.31. The third-order valence-electron chi connectivity index (χ3n) is 8.98. The number of hydrogen-bond acceptors (Lipinski definition) is 5. The number of carbonyl (C=O) groups is 2. The summed E-state index contributed by atoms with van der Waals surface area (Å²) in [5.41, 5.74) is 0.600. The fourth-order valence-electron chi connectivity index (χ4n) is 6.39. The van der Waals surface area contributed by atoms with Gasteiger partial charge in [0.15, 0.2) is 0 Å². The van der Waals surface area contributed by atoms with Gasteiger partial charge in [0.2, 0.25) is 5.91 Å². The highest BCUT2D eigenvalue weighted by molar-refractivity contribution is 6.01. The maximum atomic E-state index is 14.1. The number of aromatic nitrogens is 1.